The molecule has 1 aliphatic heterocycles. The Hall–Kier alpha value is -2.21. The molecule has 1 aliphatic rings. The highest BCUT2D eigenvalue weighted by Gasteiger charge is 2.15. The van der Waals surface area contributed by atoms with Gasteiger partial charge in [0, 0.05) is 24.5 Å². The number of sulfonamides is 1. The number of piperidine rings is 1. The molecule has 1 fully saturated rings. The SMILES string of the molecule is CCOc1ccc(S(=O)(=O)Nc2ccc(N3CCCCC3)cc2)cc1. The van der Waals surface area contributed by atoms with Crippen molar-refractivity contribution in [2.24, 2.45) is 0 Å². The number of nitrogens with zero attached hydrogens (tertiary/aromatic N) is 1. The molecule has 0 aliphatic carbocycles. The Morgan fingerprint density at radius 1 is 0.960 bits per heavy atom. The van der Waals surface area contributed by atoms with Gasteiger partial charge in [-0.25, -0.2) is 8.42 Å². The molecule has 2 aromatic carbocycles. The number of hydrogen-bond acceptors (Lipinski definition) is 4. The van der Waals surface area contributed by atoms with Crippen LogP contribution in [0.25, 0.3) is 0 Å². The molecule has 0 bridgehead atoms. The van der Waals surface area contributed by atoms with Crippen molar-refractivity contribution in [3.05, 3.63) is 48.5 Å². The van der Waals surface area contributed by atoms with E-state index in [1.807, 2.05) is 31.2 Å². The van der Waals surface area contributed by atoms with Crippen LogP contribution in [-0.2, 0) is 10.0 Å². The summed E-state index contributed by atoms with van der Waals surface area (Å²) in [5, 5.41) is 0. The van der Waals surface area contributed by atoms with Crippen molar-refractivity contribution in [1.29, 1.82) is 0 Å². The third-order valence-electron chi connectivity index (χ3n) is 4.29. The topological polar surface area (TPSA) is 58.6 Å². The molecular weight excluding hydrogens is 336 g/mol. The fourth-order valence-corrected chi connectivity index (χ4v) is 4.05. The van der Waals surface area contributed by atoms with Crippen LogP contribution in [0.1, 0.15) is 26.2 Å². The van der Waals surface area contributed by atoms with Gasteiger partial charge in [0.15, 0.2) is 0 Å². The summed E-state index contributed by atoms with van der Waals surface area (Å²) in [7, 11) is -3.60. The van der Waals surface area contributed by atoms with Gasteiger partial charge in [-0.05, 0) is 74.7 Å². The minimum atomic E-state index is -3.60. The van der Waals surface area contributed by atoms with Crippen LogP contribution in [0, 0.1) is 0 Å². The van der Waals surface area contributed by atoms with Gasteiger partial charge in [-0.1, -0.05) is 0 Å². The van der Waals surface area contributed by atoms with E-state index >= 15 is 0 Å². The van der Waals surface area contributed by atoms with E-state index < -0.39 is 10.0 Å². The first-order valence-corrected chi connectivity index (χ1v) is 10.2. The molecule has 1 saturated heterocycles. The predicted molar refractivity (Wildman–Crippen MR) is 101 cm³/mol. The third-order valence-corrected chi connectivity index (χ3v) is 5.68. The number of anilines is 2. The summed E-state index contributed by atoms with van der Waals surface area (Å²) in [6.07, 6.45) is 3.72. The predicted octanol–water partition coefficient (Wildman–Crippen LogP) is 3.88. The molecule has 5 nitrogen and oxygen atoms in total. The second-order valence-corrected chi connectivity index (χ2v) is 7.79. The van der Waals surface area contributed by atoms with Crippen molar-refractivity contribution >= 4 is 21.4 Å². The van der Waals surface area contributed by atoms with Crippen LogP contribution in [0.4, 0.5) is 11.4 Å². The van der Waals surface area contributed by atoms with Gasteiger partial charge in [0.2, 0.25) is 0 Å². The van der Waals surface area contributed by atoms with Crippen LogP contribution in [-0.4, -0.2) is 28.1 Å². The second kappa shape index (κ2) is 7.78. The molecule has 0 spiro atoms. The van der Waals surface area contributed by atoms with Crippen molar-refractivity contribution in [2.45, 2.75) is 31.1 Å². The molecule has 0 amide bonds. The maximum atomic E-state index is 12.5. The quantitative estimate of drug-likeness (QED) is 0.849. The summed E-state index contributed by atoms with van der Waals surface area (Å²) in [6.45, 7) is 4.57. The standard InChI is InChI=1S/C19H24N2O3S/c1-2-24-18-10-12-19(13-11-18)25(22,23)20-16-6-8-17(9-7-16)21-14-4-3-5-15-21/h6-13,20H,2-5,14-15H2,1H3. The Kier molecular flexibility index (Phi) is 5.48. The maximum Gasteiger partial charge on any atom is 0.261 e. The van der Waals surface area contributed by atoms with E-state index in [2.05, 4.69) is 9.62 Å². The normalized spacial score (nSPS) is 15.0. The van der Waals surface area contributed by atoms with Gasteiger partial charge in [0.05, 0.1) is 11.5 Å². The van der Waals surface area contributed by atoms with Gasteiger partial charge in [-0.15, -0.1) is 0 Å². The molecule has 134 valence electrons. The lowest BCUT2D eigenvalue weighted by Gasteiger charge is -2.28. The average Bonchev–Trinajstić information content (AvgIpc) is 2.63. The smallest absolute Gasteiger partial charge is 0.261 e. The summed E-state index contributed by atoms with van der Waals surface area (Å²) in [5.41, 5.74) is 1.71. The molecule has 3 rings (SSSR count). The van der Waals surface area contributed by atoms with Crippen molar-refractivity contribution in [3.63, 3.8) is 0 Å². The second-order valence-electron chi connectivity index (χ2n) is 6.10. The maximum absolute atomic E-state index is 12.5. The van der Waals surface area contributed by atoms with Gasteiger partial charge in [0.1, 0.15) is 5.75 Å². The molecule has 0 radical (unpaired) electrons. The summed E-state index contributed by atoms with van der Waals surface area (Å²) in [4.78, 5) is 2.56. The molecular formula is C19H24N2O3S. The monoisotopic (exact) mass is 360 g/mol. The average molecular weight is 360 g/mol. The molecule has 2 aromatic rings. The molecule has 1 heterocycles. The van der Waals surface area contributed by atoms with Crippen LogP contribution in [0.3, 0.4) is 0 Å². The first-order chi connectivity index (χ1) is 12.1. The zero-order chi connectivity index (χ0) is 17.7. The van der Waals surface area contributed by atoms with Crippen molar-refractivity contribution in [3.8, 4) is 5.75 Å². The molecule has 1 N–H and O–H groups in total. The largest absolute Gasteiger partial charge is 0.494 e. The fraction of sp³-hybridized carbons (Fsp3) is 0.368. The summed E-state index contributed by atoms with van der Waals surface area (Å²) in [5.74, 6) is 0.660. The Bertz CT molecular complexity index is 780. The van der Waals surface area contributed by atoms with Gasteiger partial charge in [-0.3, -0.25) is 4.72 Å². The Labute approximate surface area is 149 Å². The van der Waals surface area contributed by atoms with Crippen LogP contribution < -0.4 is 14.4 Å². The van der Waals surface area contributed by atoms with Gasteiger partial charge in [0.25, 0.3) is 10.0 Å². The Balaban J connectivity index is 1.69. The van der Waals surface area contributed by atoms with E-state index in [1.165, 1.54) is 19.3 Å². The van der Waals surface area contributed by atoms with E-state index in [4.69, 9.17) is 4.74 Å². The molecule has 0 atom stereocenters. The van der Waals surface area contributed by atoms with E-state index in [1.54, 1.807) is 24.3 Å². The Morgan fingerprint density at radius 2 is 1.60 bits per heavy atom. The van der Waals surface area contributed by atoms with E-state index in [9.17, 15) is 8.42 Å². The third kappa shape index (κ3) is 4.45. The number of ether oxygens (including phenoxy) is 1. The Morgan fingerprint density at radius 3 is 2.20 bits per heavy atom. The zero-order valence-electron chi connectivity index (χ0n) is 14.4. The van der Waals surface area contributed by atoms with Gasteiger partial charge in [-0.2, -0.15) is 0 Å². The molecule has 0 unspecified atom stereocenters. The molecule has 0 saturated carbocycles. The van der Waals surface area contributed by atoms with E-state index in [0.717, 1.165) is 18.8 Å². The highest BCUT2D eigenvalue weighted by Crippen LogP contribution is 2.24. The van der Waals surface area contributed by atoms with Crippen molar-refractivity contribution in [2.75, 3.05) is 29.3 Å². The lowest BCUT2D eigenvalue weighted by Crippen LogP contribution is -2.29. The number of hydrogen-bond donors (Lipinski definition) is 1. The number of nitrogens with one attached hydrogen (secondary N) is 1. The van der Waals surface area contributed by atoms with E-state index in [-0.39, 0.29) is 4.90 Å². The highest BCUT2D eigenvalue weighted by atomic mass is 32.2. The zero-order valence-corrected chi connectivity index (χ0v) is 15.3. The summed E-state index contributed by atoms with van der Waals surface area (Å²) in [6, 6.07) is 14.0. The van der Waals surface area contributed by atoms with Crippen molar-refractivity contribution in [1.82, 2.24) is 0 Å². The summed E-state index contributed by atoms with van der Waals surface area (Å²) < 4.78 is 33.0. The van der Waals surface area contributed by atoms with Gasteiger partial charge >= 0.3 is 0 Å². The lowest BCUT2D eigenvalue weighted by molar-refractivity contribution is 0.340. The minimum absolute atomic E-state index is 0.219. The van der Waals surface area contributed by atoms with Crippen LogP contribution in [0.5, 0.6) is 5.75 Å². The number of rotatable bonds is 6. The lowest BCUT2D eigenvalue weighted by atomic mass is 10.1. The fourth-order valence-electron chi connectivity index (χ4n) is 2.99. The van der Waals surface area contributed by atoms with Crippen LogP contribution >= 0.6 is 0 Å². The van der Waals surface area contributed by atoms with E-state index in [0.29, 0.717) is 18.0 Å². The molecule has 0 aromatic heterocycles. The minimum Gasteiger partial charge on any atom is -0.494 e. The van der Waals surface area contributed by atoms with Crippen LogP contribution in [0.2, 0.25) is 0 Å². The molecule has 6 heteroatoms. The molecule has 25 heavy (non-hydrogen) atoms. The first-order valence-electron chi connectivity index (χ1n) is 8.69. The highest BCUT2D eigenvalue weighted by molar-refractivity contribution is 7.92. The van der Waals surface area contributed by atoms with Gasteiger partial charge < -0.3 is 9.64 Å². The summed E-state index contributed by atoms with van der Waals surface area (Å²) >= 11 is 0. The van der Waals surface area contributed by atoms with Crippen LogP contribution in [0.15, 0.2) is 53.4 Å². The first kappa shape index (κ1) is 17.6. The number of benzene rings is 2. The van der Waals surface area contributed by atoms with Crippen molar-refractivity contribution < 1.29 is 13.2 Å².